The molecule has 0 spiro atoms. The first-order valence-corrected chi connectivity index (χ1v) is 8.23. The predicted octanol–water partition coefficient (Wildman–Crippen LogP) is 1.37. The van der Waals surface area contributed by atoms with Crippen molar-refractivity contribution in [1.29, 1.82) is 0 Å². The number of hydrogen-bond acceptors (Lipinski definition) is 3. The Balaban J connectivity index is 2.16. The van der Waals surface area contributed by atoms with Crippen LogP contribution < -0.4 is 0 Å². The summed E-state index contributed by atoms with van der Waals surface area (Å²) in [4.78, 5) is 10.9. The second kappa shape index (κ2) is 6.13. The zero-order valence-corrected chi connectivity index (χ0v) is 13.0. The fourth-order valence-corrected chi connectivity index (χ4v) is 3.74. The van der Waals surface area contributed by atoms with Crippen LogP contribution in [-0.4, -0.2) is 55.3 Å². The number of aromatic carboxylic acids is 1. The van der Waals surface area contributed by atoms with E-state index in [1.54, 1.807) is 24.3 Å². The Morgan fingerprint density at radius 2 is 1.90 bits per heavy atom. The van der Waals surface area contributed by atoms with Crippen molar-refractivity contribution in [3.05, 3.63) is 35.4 Å². The van der Waals surface area contributed by atoms with Crippen LogP contribution >= 0.6 is 0 Å². The van der Waals surface area contributed by atoms with Gasteiger partial charge in [0.2, 0.25) is 0 Å². The summed E-state index contributed by atoms with van der Waals surface area (Å²) in [5, 5.41) is 8.90. The van der Waals surface area contributed by atoms with Crippen molar-refractivity contribution in [3.63, 3.8) is 0 Å². The van der Waals surface area contributed by atoms with Gasteiger partial charge in [0.25, 0.3) is 10.2 Å². The fourth-order valence-electron chi connectivity index (χ4n) is 2.55. The van der Waals surface area contributed by atoms with Gasteiger partial charge in [0.1, 0.15) is 0 Å². The van der Waals surface area contributed by atoms with E-state index in [0.29, 0.717) is 13.1 Å². The van der Waals surface area contributed by atoms with Crippen LogP contribution in [0.3, 0.4) is 0 Å². The first-order valence-electron chi connectivity index (χ1n) is 6.83. The normalized spacial score (nSPS) is 20.6. The zero-order chi connectivity index (χ0) is 15.6. The van der Waals surface area contributed by atoms with E-state index in [1.165, 1.54) is 22.7 Å². The number of hydrogen-bond donors (Lipinski definition) is 1. The van der Waals surface area contributed by atoms with Crippen molar-refractivity contribution in [2.45, 2.75) is 18.8 Å². The molecule has 0 bridgehead atoms. The molecule has 1 aromatic rings. The van der Waals surface area contributed by atoms with E-state index in [9.17, 15) is 13.2 Å². The third-order valence-corrected chi connectivity index (χ3v) is 5.71. The lowest BCUT2D eigenvalue weighted by Crippen LogP contribution is -2.44. The largest absolute Gasteiger partial charge is 0.478 e. The van der Waals surface area contributed by atoms with Crippen molar-refractivity contribution in [2.75, 3.05) is 27.2 Å². The van der Waals surface area contributed by atoms with Crippen LogP contribution in [0.15, 0.2) is 24.3 Å². The van der Waals surface area contributed by atoms with Crippen LogP contribution in [0.1, 0.15) is 34.7 Å². The third-order valence-electron chi connectivity index (χ3n) is 3.80. The summed E-state index contributed by atoms with van der Waals surface area (Å²) < 4.78 is 27.1. The molecule has 1 saturated heterocycles. The molecule has 6 nitrogen and oxygen atoms in total. The van der Waals surface area contributed by atoms with Gasteiger partial charge in [-0.1, -0.05) is 12.1 Å². The Morgan fingerprint density at radius 3 is 2.43 bits per heavy atom. The van der Waals surface area contributed by atoms with Crippen LogP contribution in [-0.2, 0) is 10.2 Å². The van der Waals surface area contributed by atoms with E-state index in [1.807, 2.05) is 0 Å². The van der Waals surface area contributed by atoms with Gasteiger partial charge in [-0.2, -0.15) is 17.0 Å². The van der Waals surface area contributed by atoms with E-state index in [-0.39, 0.29) is 11.5 Å². The number of carboxylic acids is 1. The third kappa shape index (κ3) is 3.42. The monoisotopic (exact) mass is 312 g/mol. The standard InChI is InChI=1S/C14H20N2O4S/c1-15(2)21(19,20)16-9-3-4-13(10-16)11-5-7-12(8-6-11)14(17)18/h5-8,13H,3-4,9-10H2,1-2H3,(H,17,18)/t13-/m1/s1. The van der Waals surface area contributed by atoms with Crippen molar-refractivity contribution in [3.8, 4) is 0 Å². The molecule has 1 aromatic carbocycles. The lowest BCUT2D eigenvalue weighted by Gasteiger charge is -2.33. The van der Waals surface area contributed by atoms with Gasteiger partial charge in [-0.05, 0) is 36.5 Å². The van der Waals surface area contributed by atoms with Crippen LogP contribution in [0.25, 0.3) is 0 Å². The summed E-state index contributed by atoms with van der Waals surface area (Å²) in [5.41, 5.74) is 1.23. The summed E-state index contributed by atoms with van der Waals surface area (Å²) in [6, 6.07) is 6.69. The Bertz CT molecular complexity index is 610. The summed E-state index contributed by atoms with van der Waals surface area (Å²) in [6.45, 7) is 0.969. The van der Waals surface area contributed by atoms with Crippen LogP contribution in [0.2, 0.25) is 0 Å². The lowest BCUT2D eigenvalue weighted by atomic mass is 9.91. The molecule has 1 aliphatic heterocycles. The van der Waals surface area contributed by atoms with Gasteiger partial charge in [-0.15, -0.1) is 0 Å². The zero-order valence-electron chi connectivity index (χ0n) is 12.2. The Morgan fingerprint density at radius 1 is 1.29 bits per heavy atom. The predicted molar refractivity (Wildman–Crippen MR) is 79.6 cm³/mol. The number of carboxylic acid groups (broad SMARTS) is 1. The maximum absolute atomic E-state index is 12.2. The maximum atomic E-state index is 12.2. The van der Waals surface area contributed by atoms with Gasteiger partial charge in [-0.25, -0.2) is 4.79 Å². The SMILES string of the molecule is CN(C)S(=O)(=O)N1CCC[C@@H](c2ccc(C(=O)O)cc2)C1. The van der Waals surface area contributed by atoms with Gasteiger partial charge in [0.15, 0.2) is 0 Å². The Labute approximate surface area is 125 Å². The molecule has 1 fully saturated rings. The van der Waals surface area contributed by atoms with Crippen LogP contribution in [0, 0.1) is 0 Å². The Kier molecular flexibility index (Phi) is 4.65. The van der Waals surface area contributed by atoms with Gasteiger partial charge >= 0.3 is 5.97 Å². The van der Waals surface area contributed by atoms with E-state index >= 15 is 0 Å². The Hall–Kier alpha value is -1.44. The highest BCUT2D eigenvalue weighted by atomic mass is 32.2. The fraction of sp³-hybridized carbons (Fsp3) is 0.500. The quantitative estimate of drug-likeness (QED) is 0.911. The maximum Gasteiger partial charge on any atom is 0.335 e. The number of carbonyl (C=O) groups is 1. The van der Waals surface area contributed by atoms with Crippen molar-refractivity contribution < 1.29 is 18.3 Å². The van der Waals surface area contributed by atoms with Crippen molar-refractivity contribution in [1.82, 2.24) is 8.61 Å². The first kappa shape index (κ1) is 15.9. The molecule has 0 saturated carbocycles. The minimum Gasteiger partial charge on any atom is -0.478 e. The molecule has 1 N–H and O–H groups in total. The second-order valence-electron chi connectivity index (χ2n) is 5.41. The molecule has 1 atom stereocenters. The molecule has 7 heteroatoms. The highest BCUT2D eigenvalue weighted by molar-refractivity contribution is 7.86. The molecule has 1 heterocycles. The smallest absolute Gasteiger partial charge is 0.335 e. The van der Waals surface area contributed by atoms with Gasteiger partial charge in [-0.3, -0.25) is 0 Å². The summed E-state index contributed by atoms with van der Waals surface area (Å²) in [7, 11) is -0.333. The molecular formula is C14H20N2O4S. The number of piperidine rings is 1. The molecule has 1 aliphatic rings. The molecular weight excluding hydrogens is 292 g/mol. The molecule has 0 radical (unpaired) electrons. The molecule has 2 rings (SSSR count). The van der Waals surface area contributed by atoms with Crippen molar-refractivity contribution in [2.24, 2.45) is 0 Å². The van der Waals surface area contributed by atoms with Gasteiger partial charge in [0, 0.05) is 27.2 Å². The summed E-state index contributed by atoms with van der Waals surface area (Å²) in [6.07, 6.45) is 1.71. The average molecular weight is 312 g/mol. The molecule has 116 valence electrons. The average Bonchev–Trinajstić information content (AvgIpc) is 2.47. The van der Waals surface area contributed by atoms with E-state index < -0.39 is 16.2 Å². The van der Waals surface area contributed by atoms with E-state index in [0.717, 1.165) is 18.4 Å². The molecule has 0 aromatic heterocycles. The number of benzene rings is 1. The molecule has 0 amide bonds. The van der Waals surface area contributed by atoms with Crippen molar-refractivity contribution >= 4 is 16.2 Å². The first-order chi connectivity index (χ1) is 9.82. The number of nitrogens with zero attached hydrogens (tertiary/aromatic N) is 2. The van der Waals surface area contributed by atoms with Crippen LogP contribution in [0.5, 0.6) is 0 Å². The number of rotatable bonds is 4. The molecule has 0 aliphatic carbocycles. The highest BCUT2D eigenvalue weighted by Gasteiger charge is 2.30. The highest BCUT2D eigenvalue weighted by Crippen LogP contribution is 2.28. The molecule has 21 heavy (non-hydrogen) atoms. The molecule has 0 unspecified atom stereocenters. The topological polar surface area (TPSA) is 77.9 Å². The minimum atomic E-state index is -3.39. The van der Waals surface area contributed by atoms with Gasteiger partial charge < -0.3 is 5.11 Å². The minimum absolute atomic E-state index is 0.108. The summed E-state index contributed by atoms with van der Waals surface area (Å²) >= 11 is 0. The lowest BCUT2D eigenvalue weighted by molar-refractivity contribution is 0.0697. The second-order valence-corrected chi connectivity index (χ2v) is 7.56. The van der Waals surface area contributed by atoms with E-state index in [4.69, 9.17) is 5.11 Å². The summed E-state index contributed by atoms with van der Waals surface area (Å²) in [5.74, 6) is -0.849. The van der Waals surface area contributed by atoms with Crippen LogP contribution in [0.4, 0.5) is 0 Å². The van der Waals surface area contributed by atoms with Gasteiger partial charge in [0.05, 0.1) is 5.56 Å². The van der Waals surface area contributed by atoms with E-state index in [2.05, 4.69) is 0 Å².